The van der Waals surface area contributed by atoms with Gasteiger partial charge < -0.3 is 15.4 Å². The fourth-order valence-electron chi connectivity index (χ4n) is 1.85. The highest BCUT2D eigenvalue weighted by Gasteiger charge is 2.28. The zero-order chi connectivity index (χ0) is 15.2. The summed E-state index contributed by atoms with van der Waals surface area (Å²) in [6.45, 7) is -0.425. The Morgan fingerprint density at radius 1 is 1.38 bits per heavy atom. The Morgan fingerprint density at radius 2 is 2.10 bits per heavy atom. The van der Waals surface area contributed by atoms with Gasteiger partial charge in [0, 0.05) is 12.1 Å². The van der Waals surface area contributed by atoms with E-state index in [2.05, 4.69) is 10.6 Å². The van der Waals surface area contributed by atoms with Crippen LogP contribution in [0.3, 0.4) is 0 Å². The molecule has 0 radical (unpaired) electrons. The standard InChI is InChI=1S/C14H13N3O4/c15-7-9-1-3-10(4-2-9)16-13(19)8-21-14(20)11-5-6-12(18)17-11/h1-4,11H,5-6,8H2,(H,16,19)(H,17,18). The molecule has 1 saturated heterocycles. The van der Waals surface area contributed by atoms with Crippen LogP contribution in [0.2, 0.25) is 0 Å². The van der Waals surface area contributed by atoms with Crippen LogP contribution >= 0.6 is 0 Å². The van der Waals surface area contributed by atoms with Gasteiger partial charge >= 0.3 is 5.97 Å². The predicted molar refractivity (Wildman–Crippen MR) is 71.9 cm³/mol. The number of rotatable bonds is 4. The molecule has 1 atom stereocenters. The lowest BCUT2D eigenvalue weighted by Crippen LogP contribution is -2.36. The van der Waals surface area contributed by atoms with Crippen LogP contribution in [0.25, 0.3) is 0 Å². The van der Waals surface area contributed by atoms with Gasteiger partial charge in [-0.2, -0.15) is 5.26 Å². The molecule has 0 spiro atoms. The monoisotopic (exact) mass is 287 g/mol. The first-order valence-corrected chi connectivity index (χ1v) is 6.34. The molecule has 0 bridgehead atoms. The van der Waals surface area contributed by atoms with E-state index >= 15 is 0 Å². The molecular weight excluding hydrogens is 274 g/mol. The van der Waals surface area contributed by atoms with Crippen molar-refractivity contribution in [1.82, 2.24) is 5.32 Å². The van der Waals surface area contributed by atoms with Crippen LogP contribution in [0.15, 0.2) is 24.3 Å². The number of nitriles is 1. The molecule has 7 heteroatoms. The Bertz CT molecular complexity index is 604. The number of nitrogens with zero attached hydrogens (tertiary/aromatic N) is 1. The molecule has 1 heterocycles. The molecule has 0 aliphatic carbocycles. The molecule has 0 saturated carbocycles. The summed E-state index contributed by atoms with van der Waals surface area (Å²) in [4.78, 5) is 34.2. The van der Waals surface area contributed by atoms with E-state index in [9.17, 15) is 14.4 Å². The quantitative estimate of drug-likeness (QED) is 0.775. The average molecular weight is 287 g/mol. The van der Waals surface area contributed by atoms with E-state index in [1.807, 2.05) is 6.07 Å². The lowest BCUT2D eigenvalue weighted by atomic mass is 10.2. The normalized spacial score (nSPS) is 16.7. The van der Waals surface area contributed by atoms with E-state index in [1.165, 1.54) is 0 Å². The maximum absolute atomic E-state index is 11.6. The van der Waals surface area contributed by atoms with Crippen LogP contribution in [-0.2, 0) is 19.1 Å². The molecule has 2 rings (SSSR count). The Labute approximate surface area is 120 Å². The molecule has 2 N–H and O–H groups in total. The zero-order valence-electron chi connectivity index (χ0n) is 11.1. The Balaban J connectivity index is 1.78. The average Bonchev–Trinajstić information content (AvgIpc) is 2.92. The summed E-state index contributed by atoms with van der Waals surface area (Å²) in [6, 6.07) is 7.59. The summed E-state index contributed by atoms with van der Waals surface area (Å²) < 4.78 is 4.84. The van der Waals surface area contributed by atoms with Crippen molar-refractivity contribution in [3.8, 4) is 6.07 Å². The van der Waals surface area contributed by atoms with E-state index < -0.39 is 24.5 Å². The van der Waals surface area contributed by atoms with Crippen LogP contribution < -0.4 is 10.6 Å². The third kappa shape index (κ3) is 4.04. The topological polar surface area (TPSA) is 108 Å². The van der Waals surface area contributed by atoms with Crippen molar-refractivity contribution in [1.29, 1.82) is 5.26 Å². The molecule has 108 valence electrons. The van der Waals surface area contributed by atoms with E-state index in [1.54, 1.807) is 24.3 Å². The SMILES string of the molecule is N#Cc1ccc(NC(=O)COC(=O)C2CCC(=O)N2)cc1. The summed E-state index contributed by atoms with van der Waals surface area (Å²) >= 11 is 0. The van der Waals surface area contributed by atoms with E-state index in [0.29, 0.717) is 17.7 Å². The van der Waals surface area contributed by atoms with Crippen molar-refractivity contribution < 1.29 is 19.1 Å². The highest BCUT2D eigenvalue weighted by Crippen LogP contribution is 2.10. The van der Waals surface area contributed by atoms with Crippen molar-refractivity contribution >= 4 is 23.5 Å². The van der Waals surface area contributed by atoms with Gasteiger partial charge in [0.1, 0.15) is 6.04 Å². The highest BCUT2D eigenvalue weighted by atomic mass is 16.5. The summed E-state index contributed by atoms with van der Waals surface area (Å²) in [5, 5.41) is 13.7. The molecule has 0 aromatic heterocycles. The third-order valence-electron chi connectivity index (χ3n) is 2.92. The van der Waals surface area contributed by atoms with Gasteiger partial charge in [0.05, 0.1) is 11.6 Å². The maximum Gasteiger partial charge on any atom is 0.329 e. The first-order valence-electron chi connectivity index (χ1n) is 6.34. The molecule has 2 amide bonds. The Kier molecular flexibility index (Phi) is 4.51. The minimum atomic E-state index is -0.666. The van der Waals surface area contributed by atoms with Gasteiger partial charge in [0.2, 0.25) is 5.91 Å². The third-order valence-corrected chi connectivity index (χ3v) is 2.92. The number of ether oxygens (including phenoxy) is 1. The molecule has 1 fully saturated rings. The minimum Gasteiger partial charge on any atom is -0.454 e. The summed E-state index contributed by atoms with van der Waals surface area (Å²) in [5.41, 5.74) is 0.987. The van der Waals surface area contributed by atoms with Gasteiger partial charge in [-0.15, -0.1) is 0 Å². The number of nitrogens with one attached hydrogen (secondary N) is 2. The van der Waals surface area contributed by atoms with Gasteiger partial charge in [0.15, 0.2) is 6.61 Å². The second kappa shape index (κ2) is 6.52. The predicted octanol–water partition coefficient (Wildman–Crippen LogP) is 0.319. The fraction of sp³-hybridized carbons (Fsp3) is 0.286. The molecule has 7 nitrogen and oxygen atoms in total. The molecule has 1 aliphatic rings. The zero-order valence-corrected chi connectivity index (χ0v) is 11.1. The molecule has 1 unspecified atom stereocenters. The van der Waals surface area contributed by atoms with Crippen LogP contribution in [0.4, 0.5) is 5.69 Å². The fourth-order valence-corrected chi connectivity index (χ4v) is 1.85. The van der Waals surface area contributed by atoms with Gasteiger partial charge in [-0.1, -0.05) is 0 Å². The molecule has 1 aromatic carbocycles. The van der Waals surface area contributed by atoms with E-state index in [-0.39, 0.29) is 12.3 Å². The molecule has 1 aliphatic heterocycles. The first-order chi connectivity index (χ1) is 10.1. The van der Waals surface area contributed by atoms with Crippen molar-refractivity contribution in [3.05, 3.63) is 29.8 Å². The molecule has 21 heavy (non-hydrogen) atoms. The number of carbonyl (C=O) groups is 3. The van der Waals surface area contributed by atoms with Crippen molar-refractivity contribution in [2.24, 2.45) is 0 Å². The van der Waals surface area contributed by atoms with Crippen LogP contribution in [0.1, 0.15) is 18.4 Å². The van der Waals surface area contributed by atoms with E-state index in [0.717, 1.165) is 0 Å². The Morgan fingerprint density at radius 3 is 2.67 bits per heavy atom. The van der Waals surface area contributed by atoms with Gasteiger partial charge in [0.25, 0.3) is 5.91 Å². The first kappa shape index (κ1) is 14.5. The summed E-state index contributed by atoms with van der Waals surface area (Å²) in [7, 11) is 0. The van der Waals surface area contributed by atoms with E-state index in [4.69, 9.17) is 10.00 Å². The second-order valence-electron chi connectivity index (χ2n) is 4.50. The van der Waals surface area contributed by atoms with Gasteiger partial charge in [-0.05, 0) is 30.7 Å². The van der Waals surface area contributed by atoms with Crippen molar-refractivity contribution in [3.63, 3.8) is 0 Å². The number of benzene rings is 1. The van der Waals surface area contributed by atoms with Crippen molar-refractivity contribution in [2.45, 2.75) is 18.9 Å². The largest absolute Gasteiger partial charge is 0.454 e. The van der Waals surface area contributed by atoms with Crippen LogP contribution in [0, 0.1) is 11.3 Å². The maximum atomic E-state index is 11.6. The number of amides is 2. The Hall–Kier alpha value is -2.88. The lowest BCUT2D eigenvalue weighted by molar-refractivity contribution is -0.149. The minimum absolute atomic E-state index is 0.195. The lowest BCUT2D eigenvalue weighted by Gasteiger charge is -2.10. The molecular formula is C14H13N3O4. The van der Waals surface area contributed by atoms with Gasteiger partial charge in [-0.25, -0.2) is 4.79 Å². The van der Waals surface area contributed by atoms with Crippen molar-refractivity contribution in [2.75, 3.05) is 11.9 Å². The number of hydrogen-bond donors (Lipinski definition) is 2. The van der Waals surface area contributed by atoms with Crippen LogP contribution in [0.5, 0.6) is 0 Å². The van der Waals surface area contributed by atoms with Crippen LogP contribution in [-0.4, -0.2) is 30.4 Å². The van der Waals surface area contributed by atoms with Gasteiger partial charge in [-0.3, -0.25) is 9.59 Å². The summed E-state index contributed by atoms with van der Waals surface area (Å²) in [5.74, 6) is -1.30. The number of esters is 1. The number of carbonyl (C=O) groups excluding carboxylic acids is 3. The highest BCUT2D eigenvalue weighted by molar-refractivity contribution is 5.94. The number of hydrogen-bond acceptors (Lipinski definition) is 5. The second-order valence-corrected chi connectivity index (χ2v) is 4.50. The molecule has 1 aromatic rings. The number of anilines is 1. The smallest absolute Gasteiger partial charge is 0.329 e. The summed E-state index contributed by atoms with van der Waals surface area (Å²) in [6.07, 6.45) is 0.673.